The molecule has 1 unspecified atom stereocenters. The van der Waals surface area contributed by atoms with Crippen molar-refractivity contribution in [1.82, 2.24) is 4.98 Å². The van der Waals surface area contributed by atoms with Crippen LogP contribution in [0.3, 0.4) is 0 Å². The molecule has 0 bridgehead atoms. The quantitative estimate of drug-likeness (QED) is 0.732. The van der Waals surface area contributed by atoms with Crippen molar-refractivity contribution in [2.75, 3.05) is 0 Å². The molecular weight excluding hydrogens is 168 g/mol. The number of carboxylic acid groups (broad SMARTS) is 1. The minimum atomic E-state index is -0.974. The van der Waals surface area contributed by atoms with Gasteiger partial charge in [-0.1, -0.05) is 6.92 Å². The third-order valence-corrected chi connectivity index (χ3v) is 1.87. The van der Waals surface area contributed by atoms with Crippen molar-refractivity contribution < 1.29 is 9.90 Å². The normalized spacial score (nSPS) is 12.5. The van der Waals surface area contributed by atoms with E-state index in [9.17, 15) is 4.79 Å². The smallest absolute Gasteiger partial charge is 0.337 e. The van der Waals surface area contributed by atoms with Gasteiger partial charge in [0.1, 0.15) is 0 Å². The van der Waals surface area contributed by atoms with E-state index in [0.717, 1.165) is 12.0 Å². The molecule has 0 saturated heterocycles. The first-order chi connectivity index (χ1) is 6.15. The van der Waals surface area contributed by atoms with Gasteiger partial charge in [0, 0.05) is 18.4 Å². The fourth-order valence-electron chi connectivity index (χ4n) is 1.01. The molecule has 1 atom stereocenters. The van der Waals surface area contributed by atoms with E-state index in [1.807, 2.05) is 6.92 Å². The van der Waals surface area contributed by atoms with Crippen molar-refractivity contribution in [3.63, 3.8) is 0 Å². The van der Waals surface area contributed by atoms with Crippen molar-refractivity contribution in [1.29, 1.82) is 0 Å². The van der Waals surface area contributed by atoms with Crippen LogP contribution in [0, 0.1) is 0 Å². The molecule has 4 nitrogen and oxygen atoms in total. The van der Waals surface area contributed by atoms with Gasteiger partial charge in [-0.25, -0.2) is 4.79 Å². The van der Waals surface area contributed by atoms with Crippen molar-refractivity contribution in [2.45, 2.75) is 19.4 Å². The summed E-state index contributed by atoms with van der Waals surface area (Å²) in [5.74, 6) is -0.974. The van der Waals surface area contributed by atoms with Gasteiger partial charge in [0.25, 0.3) is 0 Å². The Bertz CT molecular complexity index is 312. The highest BCUT2D eigenvalue weighted by atomic mass is 16.4. The minimum Gasteiger partial charge on any atom is -0.478 e. The number of carboxylic acids is 1. The average molecular weight is 180 g/mol. The summed E-state index contributed by atoms with van der Waals surface area (Å²) in [6.45, 7) is 1.94. The topological polar surface area (TPSA) is 76.2 Å². The summed E-state index contributed by atoms with van der Waals surface area (Å²) in [5, 5.41) is 8.68. The van der Waals surface area contributed by atoms with E-state index >= 15 is 0 Å². The van der Waals surface area contributed by atoms with Gasteiger partial charge in [-0.05, 0) is 18.1 Å². The van der Waals surface area contributed by atoms with Crippen LogP contribution in [-0.2, 0) is 0 Å². The number of hydrogen-bond donors (Lipinski definition) is 2. The maximum Gasteiger partial charge on any atom is 0.337 e. The Labute approximate surface area is 76.4 Å². The van der Waals surface area contributed by atoms with E-state index in [2.05, 4.69) is 4.98 Å². The zero-order valence-corrected chi connectivity index (χ0v) is 7.40. The molecule has 0 fully saturated rings. The summed E-state index contributed by atoms with van der Waals surface area (Å²) >= 11 is 0. The number of rotatable bonds is 3. The zero-order valence-electron chi connectivity index (χ0n) is 7.40. The fourth-order valence-corrected chi connectivity index (χ4v) is 1.01. The molecule has 13 heavy (non-hydrogen) atoms. The second kappa shape index (κ2) is 4.00. The Balaban J connectivity index is 2.98. The molecule has 1 rings (SSSR count). The van der Waals surface area contributed by atoms with Crippen LogP contribution in [0.1, 0.15) is 35.3 Å². The Morgan fingerprint density at radius 2 is 2.38 bits per heavy atom. The molecule has 0 aliphatic rings. The van der Waals surface area contributed by atoms with Crippen LogP contribution in [0.2, 0.25) is 0 Å². The summed E-state index contributed by atoms with van der Waals surface area (Å²) in [6, 6.07) is 1.43. The summed E-state index contributed by atoms with van der Waals surface area (Å²) in [5.41, 5.74) is 6.68. The van der Waals surface area contributed by atoms with E-state index in [4.69, 9.17) is 10.8 Å². The molecule has 0 radical (unpaired) electrons. The first kappa shape index (κ1) is 9.67. The lowest BCUT2D eigenvalue weighted by atomic mass is 10.1. The van der Waals surface area contributed by atoms with Gasteiger partial charge in [-0.2, -0.15) is 0 Å². The Morgan fingerprint density at radius 3 is 2.92 bits per heavy atom. The largest absolute Gasteiger partial charge is 0.478 e. The molecule has 0 spiro atoms. The SMILES string of the molecule is CCC(N)c1cncc(C(=O)O)c1. The number of nitrogens with two attached hydrogens (primary N) is 1. The molecule has 1 aromatic rings. The lowest BCUT2D eigenvalue weighted by Gasteiger charge is -2.08. The van der Waals surface area contributed by atoms with Crippen LogP contribution in [0.4, 0.5) is 0 Å². The lowest BCUT2D eigenvalue weighted by Crippen LogP contribution is -2.10. The first-order valence-corrected chi connectivity index (χ1v) is 4.09. The van der Waals surface area contributed by atoms with E-state index in [0.29, 0.717) is 0 Å². The van der Waals surface area contributed by atoms with E-state index in [1.165, 1.54) is 6.20 Å². The van der Waals surface area contributed by atoms with Gasteiger partial charge < -0.3 is 10.8 Å². The number of hydrogen-bond acceptors (Lipinski definition) is 3. The van der Waals surface area contributed by atoms with Crippen LogP contribution >= 0.6 is 0 Å². The van der Waals surface area contributed by atoms with E-state index < -0.39 is 5.97 Å². The summed E-state index contributed by atoms with van der Waals surface area (Å²) in [4.78, 5) is 14.4. The lowest BCUT2D eigenvalue weighted by molar-refractivity contribution is 0.0696. The average Bonchev–Trinajstić information content (AvgIpc) is 2.17. The molecule has 0 amide bonds. The van der Waals surface area contributed by atoms with Gasteiger partial charge in [0.05, 0.1) is 5.56 Å². The molecular formula is C9H12N2O2. The zero-order chi connectivity index (χ0) is 9.84. The van der Waals surface area contributed by atoms with Crippen LogP contribution in [0.15, 0.2) is 18.5 Å². The van der Waals surface area contributed by atoms with Gasteiger partial charge >= 0.3 is 5.97 Å². The van der Waals surface area contributed by atoms with Gasteiger partial charge in [-0.15, -0.1) is 0 Å². The van der Waals surface area contributed by atoms with Gasteiger partial charge in [-0.3, -0.25) is 4.98 Å². The molecule has 70 valence electrons. The minimum absolute atomic E-state index is 0.133. The number of aromatic nitrogens is 1. The van der Waals surface area contributed by atoms with Crippen LogP contribution in [0.25, 0.3) is 0 Å². The highest BCUT2D eigenvalue weighted by molar-refractivity contribution is 5.87. The molecule has 3 N–H and O–H groups in total. The molecule has 4 heteroatoms. The Hall–Kier alpha value is -1.42. The van der Waals surface area contributed by atoms with Crippen LogP contribution in [0.5, 0.6) is 0 Å². The summed E-state index contributed by atoms with van der Waals surface area (Å²) in [6.07, 6.45) is 3.68. The maximum atomic E-state index is 10.6. The highest BCUT2D eigenvalue weighted by Gasteiger charge is 2.07. The Kier molecular flexibility index (Phi) is 2.97. The van der Waals surface area contributed by atoms with Crippen LogP contribution in [-0.4, -0.2) is 16.1 Å². The molecule has 0 aliphatic carbocycles. The van der Waals surface area contributed by atoms with Crippen molar-refractivity contribution in [2.24, 2.45) is 5.73 Å². The third kappa shape index (κ3) is 2.26. The monoisotopic (exact) mass is 180 g/mol. The molecule has 0 aromatic carbocycles. The predicted octanol–water partition coefficient (Wildman–Crippen LogP) is 1.19. The second-order valence-electron chi connectivity index (χ2n) is 2.83. The highest BCUT2D eigenvalue weighted by Crippen LogP contribution is 2.13. The number of pyridine rings is 1. The number of aromatic carboxylic acids is 1. The predicted molar refractivity (Wildman–Crippen MR) is 48.4 cm³/mol. The number of carbonyl (C=O) groups is 1. The second-order valence-corrected chi connectivity index (χ2v) is 2.83. The third-order valence-electron chi connectivity index (χ3n) is 1.87. The fraction of sp³-hybridized carbons (Fsp3) is 0.333. The standard InChI is InChI=1S/C9H12N2O2/c1-2-8(10)6-3-7(9(12)13)5-11-4-6/h3-5,8H,2,10H2,1H3,(H,12,13). The van der Waals surface area contributed by atoms with Crippen molar-refractivity contribution >= 4 is 5.97 Å². The summed E-state index contributed by atoms with van der Waals surface area (Å²) in [7, 11) is 0. The summed E-state index contributed by atoms with van der Waals surface area (Å²) < 4.78 is 0. The van der Waals surface area contributed by atoms with E-state index in [-0.39, 0.29) is 11.6 Å². The van der Waals surface area contributed by atoms with Crippen molar-refractivity contribution in [3.8, 4) is 0 Å². The molecule has 0 aliphatic heterocycles. The van der Waals surface area contributed by atoms with E-state index in [1.54, 1.807) is 12.3 Å². The maximum absolute atomic E-state index is 10.6. The van der Waals surface area contributed by atoms with Gasteiger partial charge in [0.15, 0.2) is 0 Å². The van der Waals surface area contributed by atoms with Crippen molar-refractivity contribution in [3.05, 3.63) is 29.6 Å². The van der Waals surface area contributed by atoms with Gasteiger partial charge in [0.2, 0.25) is 0 Å². The number of nitrogens with zero attached hydrogens (tertiary/aromatic N) is 1. The van der Waals surface area contributed by atoms with Crippen LogP contribution < -0.4 is 5.73 Å². The molecule has 1 aromatic heterocycles. The first-order valence-electron chi connectivity index (χ1n) is 4.09. The molecule has 1 heterocycles. The molecule has 0 saturated carbocycles. The Morgan fingerprint density at radius 1 is 1.69 bits per heavy atom.